The molecule has 0 amide bonds. The highest BCUT2D eigenvalue weighted by Gasteiger charge is 2.14. The van der Waals surface area contributed by atoms with Crippen LogP contribution in [-0.4, -0.2) is 18.0 Å². The largest absolute Gasteiger partial charge is 0.493 e. The fraction of sp³-hybridized carbons (Fsp3) is 0.565. The van der Waals surface area contributed by atoms with E-state index in [0.29, 0.717) is 10.7 Å². The number of fused-ring (bicyclic) bond motifs is 1. The van der Waals surface area contributed by atoms with E-state index in [1.165, 1.54) is 24.8 Å². The molecule has 2 aromatic rings. The Labute approximate surface area is 167 Å². The minimum Gasteiger partial charge on any atom is -0.493 e. The van der Waals surface area contributed by atoms with Crippen LogP contribution in [0, 0.1) is 5.92 Å². The molecule has 0 aliphatic carbocycles. The normalized spacial score (nSPS) is 12.5. The van der Waals surface area contributed by atoms with Gasteiger partial charge in [-0.3, -0.25) is 0 Å². The van der Waals surface area contributed by atoms with Gasteiger partial charge in [0.15, 0.2) is 0 Å². The van der Waals surface area contributed by atoms with E-state index in [-0.39, 0.29) is 0 Å². The molecule has 1 atom stereocenters. The molecule has 0 aliphatic heterocycles. The molecule has 1 unspecified atom stereocenters. The maximum Gasteiger partial charge on any atom is 0.130 e. The van der Waals surface area contributed by atoms with Crippen molar-refractivity contribution in [2.24, 2.45) is 5.92 Å². The smallest absolute Gasteiger partial charge is 0.130 e. The van der Waals surface area contributed by atoms with Crippen LogP contribution in [0.1, 0.15) is 58.9 Å². The molecule has 0 N–H and O–H groups in total. The van der Waals surface area contributed by atoms with Gasteiger partial charge < -0.3 is 9.47 Å². The fourth-order valence-electron chi connectivity index (χ4n) is 3.03. The van der Waals surface area contributed by atoms with Gasteiger partial charge in [-0.25, -0.2) is 0 Å². The predicted octanol–water partition coefficient (Wildman–Crippen LogP) is 7.16. The fourth-order valence-corrected chi connectivity index (χ4v) is 3.35. The number of rotatable bonds is 11. The molecule has 0 bridgehead atoms. The zero-order valence-corrected chi connectivity index (χ0v) is 18.3. The van der Waals surface area contributed by atoms with Gasteiger partial charge in [0.05, 0.1) is 13.2 Å². The molecule has 144 valence electrons. The minimum atomic E-state index is 0.510. The number of unbranched alkanes of at least 4 members (excludes halogenated alkanes) is 1. The van der Waals surface area contributed by atoms with Crippen LogP contribution in [0.25, 0.3) is 10.8 Å². The molecule has 0 aromatic heterocycles. The van der Waals surface area contributed by atoms with Crippen molar-refractivity contribution in [2.75, 3.05) is 13.2 Å². The Morgan fingerprint density at radius 1 is 1.00 bits per heavy atom. The topological polar surface area (TPSA) is 18.5 Å². The van der Waals surface area contributed by atoms with Crippen molar-refractivity contribution in [2.45, 2.75) is 64.6 Å². The molecule has 0 radical (unpaired) electrons. The molecular formula is C23H33BrO2. The molecule has 0 fully saturated rings. The van der Waals surface area contributed by atoms with E-state index in [0.717, 1.165) is 48.3 Å². The summed E-state index contributed by atoms with van der Waals surface area (Å²) in [7, 11) is 0. The quantitative estimate of drug-likeness (QED) is 0.283. The van der Waals surface area contributed by atoms with Gasteiger partial charge in [-0.1, -0.05) is 67.9 Å². The zero-order valence-electron chi connectivity index (χ0n) is 16.7. The number of hydrogen-bond acceptors (Lipinski definition) is 2. The van der Waals surface area contributed by atoms with Crippen molar-refractivity contribution in [3.05, 3.63) is 35.9 Å². The average Bonchev–Trinajstić information content (AvgIpc) is 2.65. The second kappa shape index (κ2) is 10.8. The van der Waals surface area contributed by atoms with Gasteiger partial charge in [0, 0.05) is 15.6 Å². The summed E-state index contributed by atoms with van der Waals surface area (Å²) in [5.41, 5.74) is 1.23. The highest BCUT2D eigenvalue weighted by molar-refractivity contribution is 9.09. The van der Waals surface area contributed by atoms with Crippen molar-refractivity contribution < 1.29 is 9.47 Å². The van der Waals surface area contributed by atoms with Gasteiger partial charge in [-0.05, 0) is 49.7 Å². The average molecular weight is 421 g/mol. The van der Waals surface area contributed by atoms with E-state index >= 15 is 0 Å². The SMILES string of the molecule is CCc1cc(OCCCCC(Br)CC)c2ccccc2c1OCC(C)C. The number of alkyl halides is 1. The van der Waals surface area contributed by atoms with Crippen molar-refractivity contribution in [1.82, 2.24) is 0 Å². The van der Waals surface area contributed by atoms with Crippen LogP contribution in [0.2, 0.25) is 0 Å². The number of halogens is 1. The first kappa shape index (κ1) is 21.1. The second-order valence-electron chi connectivity index (χ2n) is 7.32. The Balaban J connectivity index is 2.15. The van der Waals surface area contributed by atoms with E-state index in [2.05, 4.69) is 74.0 Å². The Bertz CT molecular complexity index is 681. The molecule has 26 heavy (non-hydrogen) atoms. The Hall–Kier alpha value is -1.22. The molecule has 0 heterocycles. The first-order chi connectivity index (χ1) is 12.6. The summed E-state index contributed by atoms with van der Waals surface area (Å²) in [6.07, 6.45) is 5.61. The van der Waals surface area contributed by atoms with Gasteiger partial charge >= 0.3 is 0 Å². The summed E-state index contributed by atoms with van der Waals surface area (Å²) in [6.45, 7) is 10.3. The van der Waals surface area contributed by atoms with Gasteiger partial charge in [0.25, 0.3) is 0 Å². The summed E-state index contributed by atoms with van der Waals surface area (Å²) >= 11 is 3.70. The number of ether oxygens (including phenoxy) is 2. The highest BCUT2D eigenvalue weighted by atomic mass is 79.9. The van der Waals surface area contributed by atoms with Crippen LogP contribution in [0.5, 0.6) is 11.5 Å². The first-order valence-corrected chi connectivity index (χ1v) is 10.9. The predicted molar refractivity (Wildman–Crippen MR) is 116 cm³/mol. The summed E-state index contributed by atoms with van der Waals surface area (Å²) in [5.74, 6) is 2.52. The molecule has 3 heteroatoms. The Morgan fingerprint density at radius 2 is 1.73 bits per heavy atom. The number of aryl methyl sites for hydroxylation is 1. The molecular weight excluding hydrogens is 388 g/mol. The number of benzene rings is 2. The maximum absolute atomic E-state index is 6.19. The lowest BCUT2D eigenvalue weighted by molar-refractivity contribution is 0.270. The van der Waals surface area contributed by atoms with Crippen LogP contribution < -0.4 is 9.47 Å². The van der Waals surface area contributed by atoms with Gasteiger partial charge in [0.1, 0.15) is 11.5 Å². The monoisotopic (exact) mass is 420 g/mol. The van der Waals surface area contributed by atoms with Crippen LogP contribution in [-0.2, 0) is 6.42 Å². The number of hydrogen-bond donors (Lipinski definition) is 0. The third-order valence-electron chi connectivity index (χ3n) is 4.59. The molecule has 2 rings (SSSR count). The minimum absolute atomic E-state index is 0.510. The van der Waals surface area contributed by atoms with E-state index < -0.39 is 0 Å². The summed E-state index contributed by atoms with van der Waals surface area (Å²) in [4.78, 5) is 0.632. The molecule has 0 spiro atoms. The second-order valence-corrected chi connectivity index (χ2v) is 8.61. The Morgan fingerprint density at radius 3 is 2.38 bits per heavy atom. The van der Waals surface area contributed by atoms with Crippen LogP contribution in [0.15, 0.2) is 30.3 Å². The van der Waals surface area contributed by atoms with Crippen molar-refractivity contribution in [1.29, 1.82) is 0 Å². The third kappa shape index (κ3) is 5.90. The molecule has 0 aliphatic rings. The summed E-state index contributed by atoms with van der Waals surface area (Å²) in [5, 5.41) is 2.31. The first-order valence-electron chi connectivity index (χ1n) is 10.0. The van der Waals surface area contributed by atoms with Crippen molar-refractivity contribution in [3.8, 4) is 11.5 Å². The van der Waals surface area contributed by atoms with Crippen LogP contribution in [0.3, 0.4) is 0 Å². The lowest BCUT2D eigenvalue weighted by Crippen LogP contribution is -2.07. The van der Waals surface area contributed by atoms with Crippen molar-refractivity contribution >= 4 is 26.7 Å². The van der Waals surface area contributed by atoms with E-state index in [1.54, 1.807) is 0 Å². The van der Waals surface area contributed by atoms with Crippen molar-refractivity contribution in [3.63, 3.8) is 0 Å². The van der Waals surface area contributed by atoms with Gasteiger partial charge in [-0.15, -0.1) is 0 Å². The lowest BCUT2D eigenvalue weighted by atomic mass is 10.0. The lowest BCUT2D eigenvalue weighted by Gasteiger charge is -2.18. The molecule has 0 saturated carbocycles. The zero-order chi connectivity index (χ0) is 18.9. The van der Waals surface area contributed by atoms with E-state index in [1.807, 2.05) is 0 Å². The standard InChI is InChI=1S/C23H33BrO2/c1-5-18-15-22(25-14-10-9-11-19(24)6-2)20-12-7-8-13-21(20)23(18)26-16-17(3)4/h7-8,12-13,15,17,19H,5-6,9-11,14,16H2,1-4H3. The van der Waals surface area contributed by atoms with Crippen LogP contribution >= 0.6 is 15.9 Å². The summed E-state index contributed by atoms with van der Waals surface area (Å²) in [6, 6.07) is 10.6. The highest BCUT2D eigenvalue weighted by Crippen LogP contribution is 2.37. The Kier molecular flexibility index (Phi) is 8.77. The molecule has 0 saturated heterocycles. The molecule has 2 nitrogen and oxygen atoms in total. The molecule has 2 aromatic carbocycles. The summed E-state index contributed by atoms with van der Waals surface area (Å²) < 4.78 is 12.4. The van der Waals surface area contributed by atoms with Gasteiger partial charge in [0.2, 0.25) is 0 Å². The van der Waals surface area contributed by atoms with E-state index in [9.17, 15) is 0 Å². The van der Waals surface area contributed by atoms with E-state index in [4.69, 9.17) is 9.47 Å². The third-order valence-corrected chi connectivity index (χ3v) is 5.69. The van der Waals surface area contributed by atoms with Gasteiger partial charge in [-0.2, -0.15) is 0 Å². The maximum atomic E-state index is 6.19. The van der Waals surface area contributed by atoms with Crippen LogP contribution in [0.4, 0.5) is 0 Å².